The molecule has 1 radical (unpaired) electrons. The molecule has 2 rings (SSSR count). The second-order valence-electron chi connectivity index (χ2n) is 4.85. The Balaban J connectivity index is 1.99. The van der Waals surface area contributed by atoms with Gasteiger partial charge in [0.25, 0.3) is 0 Å². The first-order chi connectivity index (χ1) is 9.11. The summed E-state index contributed by atoms with van der Waals surface area (Å²) in [4.78, 5) is 24.6. The van der Waals surface area contributed by atoms with Crippen molar-refractivity contribution in [1.82, 2.24) is 4.90 Å². The number of phenols is 1. The lowest BCUT2D eigenvalue weighted by atomic mass is 10.1. The van der Waals surface area contributed by atoms with Gasteiger partial charge in [-0.15, -0.1) is 0 Å². The van der Waals surface area contributed by atoms with Gasteiger partial charge >= 0.3 is 5.91 Å². The largest absolute Gasteiger partial charge is 0.508 e. The van der Waals surface area contributed by atoms with E-state index in [4.69, 9.17) is 5.73 Å². The van der Waals surface area contributed by atoms with Crippen molar-refractivity contribution in [1.29, 1.82) is 0 Å². The Morgan fingerprint density at radius 2 is 2.16 bits per heavy atom. The highest BCUT2D eigenvalue weighted by Gasteiger charge is 2.42. The van der Waals surface area contributed by atoms with Crippen LogP contribution in [0.1, 0.15) is 18.4 Å². The van der Waals surface area contributed by atoms with Gasteiger partial charge in [0.15, 0.2) is 12.3 Å². The first-order valence-corrected chi connectivity index (χ1v) is 6.41. The predicted molar refractivity (Wildman–Crippen MR) is 70.9 cm³/mol. The molecule has 1 aliphatic heterocycles. The van der Waals surface area contributed by atoms with E-state index >= 15 is 0 Å². The lowest BCUT2D eigenvalue weighted by molar-refractivity contribution is -0.129. The molecule has 1 heterocycles. The van der Waals surface area contributed by atoms with Crippen LogP contribution in [0.15, 0.2) is 24.3 Å². The predicted octanol–water partition coefficient (Wildman–Crippen LogP) is 0.290. The molecule has 2 atom stereocenters. The molecule has 0 bridgehead atoms. The van der Waals surface area contributed by atoms with Crippen LogP contribution in [0.2, 0.25) is 0 Å². The normalized spacial score (nSPS) is 21.2. The van der Waals surface area contributed by atoms with Crippen LogP contribution in [0, 0.1) is 0 Å². The van der Waals surface area contributed by atoms with Crippen LogP contribution in [0.5, 0.6) is 5.75 Å². The van der Waals surface area contributed by atoms with E-state index in [0.29, 0.717) is 13.0 Å². The zero-order valence-corrected chi connectivity index (χ0v) is 10.7. The van der Waals surface area contributed by atoms with Crippen molar-refractivity contribution in [2.75, 3.05) is 6.54 Å². The molecule has 19 heavy (non-hydrogen) atoms. The van der Waals surface area contributed by atoms with Crippen LogP contribution in [-0.2, 0) is 16.0 Å². The number of nitrogens with two attached hydrogens (primary N) is 1. The zero-order chi connectivity index (χ0) is 13.8. The Bertz CT molecular complexity index is 458. The summed E-state index contributed by atoms with van der Waals surface area (Å²) in [6.07, 6.45) is 2.79. The van der Waals surface area contributed by atoms with Crippen LogP contribution >= 0.6 is 0 Å². The summed E-state index contributed by atoms with van der Waals surface area (Å²) in [5.41, 5.74) is 6.80. The molecule has 0 aliphatic carbocycles. The summed E-state index contributed by atoms with van der Waals surface area (Å²) in [6, 6.07) is 5.64. The summed E-state index contributed by atoms with van der Waals surface area (Å²) in [6.45, 7) is 0.603. The van der Waals surface area contributed by atoms with Gasteiger partial charge < -0.3 is 10.8 Å². The number of benzene rings is 1. The minimum absolute atomic E-state index is 0.178. The van der Waals surface area contributed by atoms with Gasteiger partial charge in [0.2, 0.25) is 0 Å². The van der Waals surface area contributed by atoms with Gasteiger partial charge in [-0.05, 0) is 17.7 Å². The lowest BCUT2D eigenvalue weighted by Gasteiger charge is -2.12. The second kappa shape index (κ2) is 5.95. The number of amides is 1. The third kappa shape index (κ3) is 3.19. The van der Waals surface area contributed by atoms with Crippen molar-refractivity contribution in [3.8, 4) is 5.75 Å². The fraction of sp³-hybridized carbons (Fsp3) is 0.429. The molecule has 1 fully saturated rings. The van der Waals surface area contributed by atoms with E-state index in [9.17, 15) is 14.7 Å². The molecule has 0 spiro atoms. The average molecular weight is 262 g/mol. The molecular weight excluding hydrogens is 244 g/mol. The van der Waals surface area contributed by atoms with E-state index in [1.54, 1.807) is 29.2 Å². The summed E-state index contributed by atoms with van der Waals surface area (Å²) in [7, 11) is 0. The van der Waals surface area contributed by atoms with Gasteiger partial charge in [0, 0.05) is 19.3 Å². The topological polar surface area (TPSA) is 86.3 Å². The van der Waals surface area contributed by atoms with Crippen molar-refractivity contribution in [3.05, 3.63) is 29.8 Å². The number of aromatic hydroxyl groups is 1. The zero-order valence-electron chi connectivity index (χ0n) is 10.7. The molecule has 0 aromatic heterocycles. The second-order valence-corrected chi connectivity index (χ2v) is 4.85. The van der Waals surface area contributed by atoms with Gasteiger partial charge in [-0.3, -0.25) is 4.79 Å². The number of carbonyl (C=O) groups excluding carboxylic acids is 2. The van der Waals surface area contributed by atoms with Crippen molar-refractivity contribution >= 4 is 12.2 Å². The number of carbonyl (C=O) groups is 2. The average Bonchev–Trinajstić information content (AvgIpc) is 2.88. The van der Waals surface area contributed by atoms with E-state index in [2.05, 4.69) is 0 Å². The number of phenolic OH excluding ortho intramolecular Hbond substituents is 1. The molecule has 1 saturated heterocycles. The maximum Gasteiger partial charge on any atom is 0.378 e. The first-order valence-electron chi connectivity index (χ1n) is 6.41. The highest BCUT2D eigenvalue weighted by Crippen LogP contribution is 2.15. The Morgan fingerprint density at radius 1 is 1.47 bits per heavy atom. The monoisotopic (exact) mass is 262 g/mol. The van der Waals surface area contributed by atoms with Crippen molar-refractivity contribution in [3.63, 3.8) is 0 Å². The quantitative estimate of drug-likeness (QED) is 0.603. The molecule has 0 unspecified atom stereocenters. The van der Waals surface area contributed by atoms with Crippen molar-refractivity contribution in [2.45, 2.75) is 31.3 Å². The fourth-order valence-corrected chi connectivity index (χ4v) is 2.39. The van der Waals surface area contributed by atoms with Crippen LogP contribution < -0.4 is 10.6 Å². The number of likely N-dealkylation sites (tertiary alicyclic amines) is 1. The van der Waals surface area contributed by atoms with Gasteiger partial charge in [0.05, 0.1) is 0 Å². The van der Waals surface area contributed by atoms with Gasteiger partial charge in [-0.1, -0.05) is 17.0 Å². The van der Waals surface area contributed by atoms with Gasteiger partial charge in [-0.2, -0.15) is 0 Å². The number of aldehydes is 1. The Hall–Kier alpha value is -1.72. The van der Waals surface area contributed by atoms with E-state index in [-0.39, 0.29) is 17.7 Å². The smallest absolute Gasteiger partial charge is 0.378 e. The van der Waals surface area contributed by atoms with Crippen LogP contribution in [0.3, 0.4) is 0 Å². The standard InChI is InChI=1S/C14H18N2O3/c15-13(8-10-3-5-12(18)6-4-10)14(19)16-7-1-2-11(16)9-17/h3-6,9,11,13,18H,1-2,7-8,15H2/q+1/t11-,13-/m0/s1. The molecule has 5 heteroatoms. The first kappa shape index (κ1) is 13.7. The van der Waals surface area contributed by atoms with Crippen molar-refractivity contribution in [2.24, 2.45) is 5.73 Å². The molecule has 3 N–H and O–H groups in total. The number of rotatable bonds is 4. The summed E-state index contributed by atoms with van der Waals surface area (Å²) < 4.78 is 0. The summed E-state index contributed by atoms with van der Waals surface area (Å²) in [5, 5.41) is 9.19. The minimum atomic E-state index is -0.648. The molecular formula is C14H18N2O3+. The highest BCUT2D eigenvalue weighted by molar-refractivity contribution is 5.87. The third-order valence-electron chi connectivity index (χ3n) is 3.45. The third-order valence-corrected chi connectivity index (χ3v) is 3.45. The van der Waals surface area contributed by atoms with Crippen LogP contribution in [0.4, 0.5) is 0 Å². The van der Waals surface area contributed by atoms with Crippen LogP contribution in [0.25, 0.3) is 0 Å². The fourth-order valence-electron chi connectivity index (χ4n) is 2.39. The SMILES string of the molecule is N[C@@H](Cc1ccc(O)cc1)C(=O)[N+]1CCC[C@H]1C=O. The maximum atomic E-state index is 12.2. The maximum absolute atomic E-state index is 12.2. The highest BCUT2D eigenvalue weighted by atomic mass is 16.3. The minimum Gasteiger partial charge on any atom is -0.508 e. The summed E-state index contributed by atoms with van der Waals surface area (Å²) in [5.74, 6) is 0.00637. The molecule has 1 aliphatic rings. The summed E-state index contributed by atoms with van der Waals surface area (Å²) >= 11 is 0. The van der Waals surface area contributed by atoms with Crippen LogP contribution in [-0.4, -0.2) is 35.9 Å². The van der Waals surface area contributed by atoms with E-state index < -0.39 is 6.04 Å². The van der Waals surface area contributed by atoms with Gasteiger partial charge in [-0.25, -0.2) is 4.79 Å². The Morgan fingerprint density at radius 3 is 2.79 bits per heavy atom. The molecule has 1 aromatic carbocycles. The Labute approximate surface area is 112 Å². The molecule has 101 valence electrons. The number of hydrogen-bond donors (Lipinski definition) is 2. The van der Waals surface area contributed by atoms with Gasteiger partial charge in [0.1, 0.15) is 18.3 Å². The van der Waals surface area contributed by atoms with Crippen molar-refractivity contribution < 1.29 is 14.7 Å². The van der Waals surface area contributed by atoms with E-state index in [1.165, 1.54) is 0 Å². The molecule has 0 saturated carbocycles. The molecule has 1 aromatic rings. The van der Waals surface area contributed by atoms with E-state index in [1.807, 2.05) is 0 Å². The number of hydrogen-bond acceptors (Lipinski definition) is 4. The van der Waals surface area contributed by atoms with E-state index in [0.717, 1.165) is 24.7 Å². The Kier molecular flexibility index (Phi) is 4.29. The number of nitrogens with zero attached hydrogens (tertiary/aromatic N) is 1. The molecule has 5 nitrogen and oxygen atoms in total. The molecule has 1 amide bonds. The lowest BCUT2D eigenvalue weighted by Crippen LogP contribution is -2.51.